The van der Waals surface area contributed by atoms with Crippen molar-refractivity contribution < 1.29 is 4.79 Å². The van der Waals surface area contributed by atoms with Gasteiger partial charge in [-0.2, -0.15) is 0 Å². The Balaban J connectivity index is 1.93. The van der Waals surface area contributed by atoms with E-state index in [1.807, 2.05) is 26.0 Å². The maximum absolute atomic E-state index is 12.7. The Hall–Kier alpha value is -2.66. The molecule has 0 fully saturated rings. The monoisotopic (exact) mass is 355 g/mol. The molecule has 2 heterocycles. The molecule has 2 aromatic heterocycles. The van der Waals surface area contributed by atoms with Crippen molar-refractivity contribution in [2.24, 2.45) is 5.92 Å². The summed E-state index contributed by atoms with van der Waals surface area (Å²) < 4.78 is 1.36. The Bertz CT molecular complexity index is 964. The van der Waals surface area contributed by atoms with Gasteiger partial charge in [0.2, 0.25) is 0 Å². The van der Waals surface area contributed by atoms with E-state index in [0.717, 1.165) is 5.56 Å². The van der Waals surface area contributed by atoms with Crippen LogP contribution in [-0.2, 0) is 0 Å². The molecule has 1 N–H and O–H groups in total. The first kappa shape index (κ1) is 17.2. The second-order valence-electron chi connectivity index (χ2n) is 6.15. The molecule has 3 rings (SSSR count). The number of aromatic nitrogens is 2. The largest absolute Gasteiger partial charge is 0.345 e. The van der Waals surface area contributed by atoms with Crippen LogP contribution in [0.15, 0.2) is 59.7 Å². The summed E-state index contributed by atoms with van der Waals surface area (Å²) in [6, 6.07) is 12.3. The molecule has 1 aromatic carbocycles. The predicted molar refractivity (Wildman–Crippen MR) is 98.0 cm³/mol. The lowest BCUT2D eigenvalue weighted by Gasteiger charge is -2.23. The molecule has 0 bridgehead atoms. The second kappa shape index (κ2) is 7.07. The van der Waals surface area contributed by atoms with E-state index in [0.29, 0.717) is 10.7 Å². The lowest BCUT2D eigenvalue weighted by Crippen LogP contribution is -2.36. The summed E-state index contributed by atoms with van der Waals surface area (Å²) >= 11 is 5.93. The number of carbonyl (C=O) groups excluding carboxylic acids is 1. The highest BCUT2D eigenvalue weighted by Gasteiger charge is 2.21. The van der Waals surface area contributed by atoms with Crippen molar-refractivity contribution >= 4 is 23.2 Å². The number of amides is 1. The molecule has 6 heteroatoms. The van der Waals surface area contributed by atoms with E-state index in [4.69, 9.17) is 11.6 Å². The number of hydrogen-bond donors (Lipinski definition) is 1. The van der Waals surface area contributed by atoms with Gasteiger partial charge < -0.3 is 5.32 Å². The van der Waals surface area contributed by atoms with Gasteiger partial charge >= 0.3 is 0 Å². The molecule has 25 heavy (non-hydrogen) atoms. The second-order valence-corrected chi connectivity index (χ2v) is 6.59. The molecule has 128 valence electrons. The van der Waals surface area contributed by atoms with Gasteiger partial charge in [-0.05, 0) is 35.7 Å². The maximum Gasteiger partial charge on any atom is 0.270 e. The molecule has 0 saturated heterocycles. The van der Waals surface area contributed by atoms with Crippen LogP contribution in [-0.4, -0.2) is 15.3 Å². The highest BCUT2D eigenvalue weighted by Crippen LogP contribution is 2.23. The van der Waals surface area contributed by atoms with Crippen LogP contribution in [0.4, 0.5) is 0 Å². The number of nitrogens with one attached hydrogen (secondary N) is 1. The molecular formula is C19H18ClN3O2. The normalized spacial score (nSPS) is 12.3. The topological polar surface area (TPSA) is 63.5 Å². The standard InChI is InChI=1S/C19H18ClN3O2/c1-12(2)17(13-6-8-14(20)9-7-13)22-18(24)15-11-21-16-5-3-4-10-23(16)19(15)25/h3-12,17H,1-2H3,(H,22,24)/t17-/m0/s1. The first-order valence-electron chi connectivity index (χ1n) is 8.00. The molecule has 0 saturated carbocycles. The van der Waals surface area contributed by atoms with E-state index < -0.39 is 5.91 Å². The molecular weight excluding hydrogens is 338 g/mol. The summed E-state index contributed by atoms with van der Waals surface area (Å²) in [5.41, 5.74) is 1.06. The van der Waals surface area contributed by atoms with Crippen molar-refractivity contribution in [2.75, 3.05) is 0 Å². The number of fused-ring (bicyclic) bond motifs is 1. The van der Waals surface area contributed by atoms with Gasteiger partial charge in [-0.1, -0.05) is 43.6 Å². The summed E-state index contributed by atoms with van der Waals surface area (Å²) in [6.07, 6.45) is 2.92. The molecule has 1 atom stereocenters. The smallest absolute Gasteiger partial charge is 0.270 e. The van der Waals surface area contributed by atoms with Crippen LogP contribution < -0.4 is 10.9 Å². The Morgan fingerprint density at radius 1 is 1.16 bits per heavy atom. The zero-order chi connectivity index (χ0) is 18.0. The summed E-state index contributed by atoms with van der Waals surface area (Å²) in [5, 5.41) is 3.57. The molecule has 0 radical (unpaired) electrons. The summed E-state index contributed by atoms with van der Waals surface area (Å²) in [7, 11) is 0. The minimum Gasteiger partial charge on any atom is -0.345 e. The zero-order valence-electron chi connectivity index (χ0n) is 13.9. The lowest BCUT2D eigenvalue weighted by atomic mass is 9.96. The fourth-order valence-corrected chi connectivity index (χ4v) is 2.83. The molecule has 0 aliphatic rings. The number of rotatable bonds is 4. The van der Waals surface area contributed by atoms with Crippen LogP contribution in [0, 0.1) is 5.92 Å². The highest BCUT2D eigenvalue weighted by molar-refractivity contribution is 6.30. The van der Waals surface area contributed by atoms with E-state index in [1.165, 1.54) is 10.6 Å². The van der Waals surface area contributed by atoms with E-state index in [9.17, 15) is 9.59 Å². The van der Waals surface area contributed by atoms with Crippen molar-refractivity contribution in [2.45, 2.75) is 19.9 Å². The molecule has 0 aliphatic carbocycles. The van der Waals surface area contributed by atoms with Gasteiger partial charge in [-0.15, -0.1) is 0 Å². The average Bonchev–Trinajstić information content (AvgIpc) is 2.61. The summed E-state index contributed by atoms with van der Waals surface area (Å²) in [6.45, 7) is 4.01. The molecule has 1 amide bonds. The third kappa shape index (κ3) is 3.56. The molecule has 0 unspecified atom stereocenters. The van der Waals surface area contributed by atoms with Gasteiger partial charge in [0.1, 0.15) is 11.2 Å². The van der Waals surface area contributed by atoms with E-state index in [1.54, 1.807) is 36.5 Å². The molecule has 3 aromatic rings. The molecule has 0 spiro atoms. The number of halogens is 1. The fraction of sp³-hybridized carbons (Fsp3) is 0.211. The maximum atomic E-state index is 12.7. The van der Waals surface area contributed by atoms with Crippen LogP contribution >= 0.6 is 11.6 Å². The summed E-state index contributed by atoms with van der Waals surface area (Å²) in [4.78, 5) is 29.4. The van der Waals surface area contributed by atoms with Gasteiger partial charge in [0, 0.05) is 17.4 Å². The number of hydrogen-bond acceptors (Lipinski definition) is 3. The van der Waals surface area contributed by atoms with Gasteiger partial charge in [0.25, 0.3) is 11.5 Å². The zero-order valence-corrected chi connectivity index (χ0v) is 14.7. The van der Waals surface area contributed by atoms with Crippen molar-refractivity contribution in [3.05, 3.63) is 81.4 Å². The van der Waals surface area contributed by atoms with Crippen LogP contribution in [0.25, 0.3) is 5.65 Å². The van der Waals surface area contributed by atoms with Gasteiger partial charge in [-0.3, -0.25) is 14.0 Å². The SMILES string of the molecule is CC(C)[C@H](NC(=O)c1cnc2ccccn2c1=O)c1ccc(Cl)cc1. The third-order valence-electron chi connectivity index (χ3n) is 4.04. The Kier molecular flexibility index (Phi) is 4.86. The van der Waals surface area contributed by atoms with Crippen LogP contribution in [0.2, 0.25) is 5.02 Å². The van der Waals surface area contributed by atoms with Gasteiger partial charge in [0.15, 0.2) is 0 Å². The van der Waals surface area contributed by atoms with Crippen LogP contribution in [0.5, 0.6) is 0 Å². The van der Waals surface area contributed by atoms with Crippen molar-refractivity contribution in [3.63, 3.8) is 0 Å². The van der Waals surface area contributed by atoms with Crippen LogP contribution in [0.1, 0.15) is 35.8 Å². The Morgan fingerprint density at radius 2 is 1.88 bits per heavy atom. The fourth-order valence-electron chi connectivity index (χ4n) is 2.71. The minimum atomic E-state index is -0.440. The van der Waals surface area contributed by atoms with Crippen molar-refractivity contribution in [1.29, 1.82) is 0 Å². The van der Waals surface area contributed by atoms with E-state index >= 15 is 0 Å². The molecule has 0 aliphatic heterocycles. The Morgan fingerprint density at radius 3 is 2.56 bits per heavy atom. The number of benzene rings is 1. The van der Waals surface area contributed by atoms with Gasteiger partial charge in [-0.25, -0.2) is 4.98 Å². The van der Waals surface area contributed by atoms with Crippen LogP contribution in [0.3, 0.4) is 0 Å². The van der Waals surface area contributed by atoms with E-state index in [2.05, 4.69) is 10.3 Å². The first-order chi connectivity index (χ1) is 12.0. The van der Waals surface area contributed by atoms with Crippen molar-refractivity contribution in [1.82, 2.24) is 14.7 Å². The van der Waals surface area contributed by atoms with Gasteiger partial charge in [0.05, 0.1) is 6.04 Å². The first-order valence-corrected chi connectivity index (χ1v) is 8.38. The highest BCUT2D eigenvalue weighted by atomic mass is 35.5. The number of pyridine rings is 1. The van der Waals surface area contributed by atoms with E-state index in [-0.39, 0.29) is 23.1 Å². The lowest BCUT2D eigenvalue weighted by molar-refractivity contribution is 0.0923. The minimum absolute atomic E-state index is 0.0170. The quantitative estimate of drug-likeness (QED) is 0.779. The molecule has 5 nitrogen and oxygen atoms in total. The number of carbonyl (C=O) groups is 1. The third-order valence-corrected chi connectivity index (χ3v) is 4.29. The number of nitrogens with zero attached hydrogens (tertiary/aromatic N) is 2. The summed E-state index contributed by atoms with van der Waals surface area (Å²) in [5.74, 6) is -0.300. The Labute approximate surface area is 150 Å². The average molecular weight is 356 g/mol. The van der Waals surface area contributed by atoms with Crippen molar-refractivity contribution in [3.8, 4) is 0 Å². The predicted octanol–water partition coefficient (Wildman–Crippen LogP) is 3.48.